The molecule has 1 saturated heterocycles. The lowest BCUT2D eigenvalue weighted by atomic mass is 9.96. The number of rotatable bonds is 3. The summed E-state index contributed by atoms with van der Waals surface area (Å²) in [5, 5.41) is 2.98. The summed E-state index contributed by atoms with van der Waals surface area (Å²) in [6, 6.07) is 5.77. The molecule has 1 aromatic rings. The van der Waals surface area contributed by atoms with Gasteiger partial charge in [-0.05, 0) is 50.5 Å². The van der Waals surface area contributed by atoms with Crippen molar-refractivity contribution in [2.45, 2.75) is 26.7 Å². The quantitative estimate of drug-likeness (QED) is 0.886. The maximum absolute atomic E-state index is 12.3. The molecule has 2 rings (SSSR count). The van der Waals surface area contributed by atoms with Crippen molar-refractivity contribution in [2.24, 2.45) is 5.92 Å². The van der Waals surface area contributed by atoms with Gasteiger partial charge in [0.25, 0.3) is 0 Å². The summed E-state index contributed by atoms with van der Waals surface area (Å²) < 4.78 is 5.97. The van der Waals surface area contributed by atoms with E-state index in [2.05, 4.69) is 21.2 Å². The van der Waals surface area contributed by atoms with Crippen LogP contribution in [0.5, 0.6) is 0 Å². The van der Waals surface area contributed by atoms with E-state index in [1.807, 2.05) is 25.1 Å². The number of piperidine rings is 1. The summed E-state index contributed by atoms with van der Waals surface area (Å²) in [5.41, 5.74) is 1.85. The van der Waals surface area contributed by atoms with Gasteiger partial charge in [-0.25, -0.2) is 4.79 Å². The maximum Gasteiger partial charge on any atom is 0.409 e. The van der Waals surface area contributed by atoms with E-state index in [0.29, 0.717) is 32.5 Å². The number of hydrogen-bond acceptors (Lipinski definition) is 3. The fraction of sp³-hybridized carbons (Fsp3) is 0.500. The minimum atomic E-state index is -0.287. The van der Waals surface area contributed by atoms with Gasteiger partial charge in [0.2, 0.25) is 5.91 Å². The number of nitrogens with zero attached hydrogens (tertiary/aromatic N) is 1. The van der Waals surface area contributed by atoms with Crippen molar-refractivity contribution >= 4 is 33.6 Å². The molecule has 0 radical (unpaired) electrons. The number of likely N-dealkylation sites (tertiary alicyclic amines) is 1. The number of ether oxygens (including phenoxy) is 1. The maximum atomic E-state index is 12.3. The van der Waals surface area contributed by atoms with Crippen LogP contribution < -0.4 is 5.32 Å². The Kier molecular flexibility index (Phi) is 5.83. The second kappa shape index (κ2) is 7.63. The summed E-state index contributed by atoms with van der Waals surface area (Å²) in [6.07, 6.45) is 1.05. The Morgan fingerprint density at radius 2 is 2.05 bits per heavy atom. The van der Waals surface area contributed by atoms with Gasteiger partial charge in [-0.3, -0.25) is 4.79 Å². The molecule has 1 aromatic carbocycles. The van der Waals surface area contributed by atoms with Gasteiger partial charge in [0, 0.05) is 29.2 Å². The zero-order chi connectivity index (χ0) is 16.1. The van der Waals surface area contributed by atoms with Crippen LogP contribution in [0.2, 0.25) is 0 Å². The molecule has 1 N–H and O–H groups in total. The highest BCUT2D eigenvalue weighted by Gasteiger charge is 2.28. The van der Waals surface area contributed by atoms with Gasteiger partial charge in [0.05, 0.1) is 6.61 Å². The first kappa shape index (κ1) is 16.8. The first-order valence-corrected chi connectivity index (χ1v) is 8.29. The van der Waals surface area contributed by atoms with Crippen molar-refractivity contribution in [1.82, 2.24) is 4.90 Å². The molecule has 2 amide bonds. The van der Waals surface area contributed by atoms with Gasteiger partial charge >= 0.3 is 6.09 Å². The smallest absolute Gasteiger partial charge is 0.409 e. The van der Waals surface area contributed by atoms with Crippen LogP contribution in [0.15, 0.2) is 22.7 Å². The number of amides is 2. The second-order valence-electron chi connectivity index (χ2n) is 5.41. The molecule has 0 aliphatic carbocycles. The molecule has 0 unspecified atom stereocenters. The molecule has 1 fully saturated rings. The van der Waals surface area contributed by atoms with Crippen molar-refractivity contribution in [3.05, 3.63) is 28.2 Å². The predicted octanol–water partition coefficient (Wildman–Crippen LogP) is 3.56. The molecule has 0 bridgehead atoms. The Bertz CT molecular complexity index is 554. The topological polar surface area (TPSA) is 58.6 Å². The Labute approximate surface area is 139 Å². The molecule has 5 nitrogen and oxygen atoms in total. The monoisotopic (exact) mass is 368 g/mol. The summed E-state index contributed by atoms with van der Waals surface area (Å²) in [5.74, 6) is -0.0392. The number of aryl methyl sites for hydroxylation is 1. The molecule has 6 heteroatoms. The molecule has 1 aliphatic rings. The van der Waals surface area contributed by atoms with Crippen LogP contribution in [0, 0.1) is 12.8 Å². The number of halogens is 1. The number of nitrogens with one attached hydrogen (secondary N) is 1. The zero-order valence-corrected chi connectivity index (χ0v) is 14.5. The third kappa shape index (κ3) is 4.22. The lowest BCUT2D eigenvalue weighted by molar-refractivity contribution is -0.121. The Morgan fingerprint density at radius 3 is 2.64 bits per heavy atom. The molecular formula is C16H21BrN2O3. The molecule has 1 aliphatic heterocycles. The van der Waals surface area contributed by atoms with Gasteiger partial charge in [-0.15, -0.1) is 0 Å². The minimum absolute atomic E-state index is 0.0222. The third-order valence-electron chi connectivity index (χ3n) is 3.84. The van der Waals surface area contributed by atoms with Crippen LogP contribution in [0.4, 0.5) is 10.5 Å². The van der Waals surface area contributed by atoms with Crippen molar-refractivity contribution in [1.29, 1.82) is 0 Å². The third-order valence-corrected chi connectivity index (χ3v) is 4.33. The van der Waals surface area contributed by atoms with Gasteiger partial charge in [0.15, 0.2) is 0 Å². The lowest BCUT2D eigenvalue weighted by Crippen LogP contribution is -2.41. The van der Waals surface area contributed by atoms with Crippen molar-refractivity contribution in [3.8, 4) is 0 Å². The standard InChI is InChI=1S/C16H21BrN2O3/c1-3-22-16(21)19-8-6-12(7-9-19)15(20)18-14-5-4-13(17)10-11(14)2/h4-5,10,12H,3,6-9H2,1-2H3,(H,18,20). The number of benzene rings is 1. The highest BCUT2D eigenvalue weighted by Crippen LogP contribution is 2.23. The van der Waals surface area contributed by atoms with Gasteiger partial charge in [-0.1, -0.05) is 15.9 Å². The molecule has 0 spiro atoms. The molecule has 22 heavy (non-hydrogen) atoms. The van der Waals surface area contributed by atoms with E-state index in [1.165, 1.54) is 0 Å². The van der Waals surface area contributed by atoms with Gasteiger partial charge in [-0.2, -0.15) is 0 Å². The second-order valence-corrected chi connectivity index (χ2v) is 6.32. The first-order chi connectivity index (χ1) is 10.5. The summed E-state index contributed by atoms with van der Waals surface area (Å²) in [7, 11) is 0. The SMILES string of the molecule is CCOC(=O)N1CCC(C(=O)Nc2ccc(Br)cc2C)CC1. The summed E-state index contributed by atoms with van der Waals surface area (Å²) in [6.45, 7) is 5.26. The predicted molar refractivity (Wildman–Crippen MR) is 88.8 cm³/mol. The zero-order valence-electron chi connectivity index (χ0n) is 12.9. The van der Waals surface area contributed by atoms with E-state index in [4.69, 9.17) is 4.74 Å². The van der Waals surface area contributed by atoms with Crippen LogP contribution >= 0.6 is 15.9 Å². The normalized spacial score (nSPS) is 15.5. The molecule has 1 heterocycles. The van der Waals surface area contributed by atoms with Gasteiger partial charge in [0.1, 0.15) is 0 Å². The number of hydrogen-bond donors (Lipinski definition) is 1. The highest BCUT2D eigenvalue weighted by molar-refractivity contribution is 9.10. The lowest BCUT2D eigenvalue weighted by Gasteiger charge is -2.30. The van der Waals surface area contributed by atoms with Crippen molar-refractivity contribution < 1.29 is 14.3 Å². The van der Waals surface area contributed by atoms with Crippen molar-refractivity contribution in [3.63, 3.8) is 0 Å². The molecule has 0 saturated carbocycles. The Hall–Kier alpha value is -1.56. The van der Waals surface area contributed by atoms with E-state index >= 15 is 0 Å². The molecule has 0 aromatic heterocycles. The Morgan fingerprint density at radius 1 is 1.36 bits per heavy atom. The van der Waals surface area contributed by atoms with E-state index in [9.17, 15) is 9.59 Å². The van der Waals surface area contributed by atoms with E-state index < -0.39 is 0 Å². The van der Waals surface area contributed by atoms with Crippen molar-refractivity contribution in [2.75, 3.05) is 25.0 Å². The fourth-order valence-electron chi connectivity index (χ4n) is 2.54. The number of carbonyl (C=O) groups is 2. The number of carbonyl (C=O) groups excluding carboxylic acids is 2. The van der Waals surface area contributed by atoms with E-state index in [0.717, 1.165) is 15.7 Å². The molecular weight excluding hydrogens is 348 g/mol. The van der Waals surface area contributed by atoms with Crippen LogP contribution in [0.1, 0.15) is 25.3 Å². The number of anilines is 1. The fourth-order valence-corrected chi connectivity index (χ4v) is 3.02. The van der Waals surface area contributed by atoms with E-state index in [1.54, 1.807) is 11.8 Å². The highest BCUT2D eigenvalue weighted by atomic mass is 79.9. The van der Waals surface area contributed by atoms with Crippen LogP contribution in [0.25, 0.3) is 0 Å². The average Bonchev–Trinajstić information content (AvgIpc) is 2.50. The molecule has 120 valence electrons. The summed E-state index contributed by atoms with van der Waals surface area (Å²) >= 11 is 3.41. The summed E-state index contributed by atoms with van der Waals surface area (Å²) in [4.78, 5) is 25.7. The van der Waals surface area contributed by atoms with Crippen LogP contribution in [0.3, 0.4) is 0 Å². The average molecular weight is 369 g/mol. The van der Waals surface area contributed by atoms with Crippen LogP contribution in [-0.4, -0.2) is 36.6 Å². The Balaban J connectivity index is 1.88. The van der Waals surface area contributed by atoms with E-state index in [-0.39, 0.29) is 17.9 Å². The first-order valence-electron chi connectivity index (χ1n) is 7.50. The largest absolute Gasteiger partial charge is 0.450 e. The molecule has 0 atom stereocenters. The van der Waals surface area contributed by atoms with Gasteiger partial charge < -0.3 is 15.0 Å². The van der Waals surface area contributed by atoms with Crippen LogP contribution in [-0.2, 0) is 9.53 Å². The minimum Gasteiger partial charge on any atom is -0.450 e.